The Bertz CT molecular complexity index is 631. The Hall–Kier alpha value is -1.73. The lowest BCUT2D eigenvalue weighted by Crippen LogP contribution is -2.33. The maximum Gasteiger partial charge on any atom is 0.258 e. The first-order chi connectivity index (χ1) is 10.2. The summed E-state index contributed by atoms with van der Waals surface area (Å²) in [4.78, 5) is 6.78. The van der Waals surface area contributed by atoms with Crippen molar-refractivity contribution in [2.24, 2.45) is 0 Å². The third-order valence-electron chi connectivity index (χ3n) is 3.61. The molecular formula is C14H18N4O2S. The number of hydrogen-bond donors (Lipinski definition) is 1. The van der Waals surface area contributed by atoms with Gasteiger partial charge in [0.25, 0.3) is 5.89 Å². The molecule has 1 aliphatic rings. The first kappa shape index (κ1) is 14.2. The third-order valence-corrected chi connectivity index (χ3v) is 4.64. The minimum absolute atomic E-state index is 0.205. The second-order valence-electron chi connectivity index (χ2n) is 4.99. The van der Waals surface area contributed by atoms with Gasteiger partial charge in [-0.1, -0.05) is 5.16 Å². The molecule has 1 aromatic carbocycles. The minimum Gasteiger partial charge on any atom is -0.495 e. The van der Waals surface area contributed by atoms with Crippen molar-refractivity contribution in [3.05, 3.63) is 24.0 Å². The Morgan fingerprint density at radius 3 is 3.05 bits per heavy atom. The highest BCUT2D eigenvalue weighted by Crippen LogP contribution is 2.30. The van der Waals surface area contributed by atoms with E-state index in [2.05, 4.69) is 22.1 Å². The van der Waals surface area contributed by atoms with E-state index in [9.17, 15) is 0 Å². The molecule has 21 heavy (non-hydrogen) atoms. The SMILES string of the molecule is COc1ccc(-c2nc(C3CSCCN3C)no2)cc1N. The lowest BCUT2D eigenvalue weighted by Gasteiger charge is -2.29. The number of benzene rings is 1. The van der Waals surface area contributed by atoms with Gasteiger partial charge in [-0.15, -0.1) is 0 Å². The number of rotatable bonds is 3. The maximum atomic E-state index is 5.91. The van der Waals surface area contributed by atoms with E-state index in [0.717, 1.165) is 29.4 Å². The normalized spacial score (nSPS) is 19.6. The van der Waals surface area contributed by atoms with Crippen molar-refractivity contribution in [1.29, 1.82) is 0 Å². The Labute approximate surface area is 127 Å². The van der Waals surface area contributed by atoms with Crippen LogP contribution in [0.2, 0.25) is 0 Å². The standard InChI is InChI=1S/C14H18N4O2S/c1-18-5-6-21-8-11(18)13-16-14(20-17-13)9-3-4-12(19-2)10(15)7-9/h3-4,7,11H,5-6,8,15H2,1-2H3. The van der Waals surface area contributed by atoms with Gasteiger partial charge in [0.05, 0.1) is 18.8 Å². The van der Waals surface area contributed by atoms with Crippen LogP contribution in [0.5, 0.6) is 5.75 Å². The van der Waals surface area contributed by atoms with E-state index in [1.54, 1.807) is 19.2 Å². The van der Waals surface area contributed by atoms with Crippen molar-refractivity contribution in [2.45, 2.75) is 6.04 Å². The first-order valence-corrected chi connectivity index (χ1v) is 7.90. The summed E-state index contributed by atoms with van der Waals surface area (Å²) < 4.78 is 10.5. The van der Waals surface area contributed by atoms with Gasteiger partial charge in [0, 0.05) is 23.6 Å². The van der Waals surface area contributed by atoms with E-state index in [0.29, 0.717) is 17.3 Å². The molecule has 1 saturated heterocycles. The Kier molecular flexibility index (Phi) is 4.03. The molecule has 112 valence electrons. The lowest BCUT2D eigenvalue weighted by molar-refractivity contribution is 0.257. The maximum absolute atomic E-state index is 5.91. The quantitative estimate of drug-likeness (QED) is 0.869. The van der Waals surface area contributed by atoms with Gasteiger partial charge >= 0.3 is 0 Å². The molecule has 7 heteroatoms. The van der Waals surface area contributed by atoms with Crippen LogP contribution >= 0.6 is 11.8 Å². The highest BCUT2D eigenvalue weighted by Gasteiger charge is 2.26. The summed E-state index contributed by atoms with van der Waals surface area (Å²) in [6.07, 6.45) is 0. The average Bonchev–Trinajstić information content (AvgIpc) is 2.97. The largest absolute Gasteiger partial charge is 0.495 e. The zero-order chi connectivity index (χ0) is 14.8. The van der Waals surface area contributed by atoms with E-state index < -0.39 is 0 Å². The number of methoxy groups -OCH3 is 1. The van der Waals surface area contributed by atoms with Gasteiger partial charge in [0.2, 0.25) is 0 Å². The molecule has 2 aromatic rings. The fraction of sp³-hybridized carbons (Fsp3) is 0.429. The van der Waals surface area contributed by atoms with Crippen LogP contribution in [0.15, 0.2) is 22.7 Å². The molecule has 0 aliphatic carbocycles. The predicted octanol–water partition coefficient (Wildman–Crippen LogP) is 2.05. The van der Waals surface area contributed by atoms with Crippen LogP contribution in [0.1, 0.15) is 11.9 Å². The van der Waals surface area contributed by atoms with Crippen molar-refractivity contribution in [2.75, 3.05) is 37.9 Å². The van der Waals surface area contributed by atoms with Gasteiger partial charge in [-0.05, 0) is 25.2 Å². The third kappa shape index (κ3) is 2.84. The summed E-state index contributed by atoms with van der Waals surface area (Å²) in [7, 11) is 3.68. The molecule has 1 unspecified atom stereocenters. The Morgan fingerprint density at radius 2 is 2.33 bits per heavy atom. The molecule has 0 spiro atoms. The molecule has 1 aliphatic heterocycles. The highest BCUT2D eigenvalue weighted by atomic mass is 32.2. The summed E-state index contributed by atoms with van der Waals surface area (Å²) in [5, 5.41) is 4.13. The first-order valence-electron chi connectivity index (χ1n) is 6.74. The summed E-state index contributed by atoms with van der Waals surface area (Å²) in [6.45, 7) is 1.04. The van der Waals surface area contributed by atoms with E-state index in [-0.39, 0.29) is 6.04 Å². The second-order valence-corrected chi connectivity index (χ2v) is 6.14. The van der Waals surface area contributed by atoms with E-state index >= 15 is 0 Å². The zero-order valence-corrected chi connectivity index (χ0v) is 12.9. The van der Waals surface area contributed by atoms with E-state index in [1.807, 2.05) is 17.8 Å². The van der Waals surface area contributed by atoms with Crippen LogP contribution in [0, 0.1) is 0 Å². The van der Waals surface area contributed by atoms with Crippen LogP contribution in [-0.4, -0.2) is 47.2 Å². The number of thioether (sulfide) groups is 1. The van der Waals surface area contributed by atoms with Crippen molar-refractivity contribution in [3.63, 3.8) is 0 Å². The Balaban J connectivity index is 1.86. The van der Waals surface area contributed by atoms with Gasteiger partial charge in [0.15, 0.2) is 5.82 Å². The molecule has 2 N–H and O–H groups in total. The fourth-order valence-electron chi connectivity index (χ4n) is 2.31. The van der Waals surface area contributed by atoms with Crippen molar-refractivity contribution >= 4 is 17.4 Å². The van der Waals surface area contributed by atoms with E-state index in [4.69, 9.17) is 15.0 Å². The van der Waals surface area contributed by atoms with Gasteiger partial charge < -0.3 is 15.0 Å². The second kappa shape index (κ2) is 5.95. The smallest absolute Gasteiger partial charge is 0.258 e. The molecule has 1 atom stereocenters. The van der Waals surface area contributed by atoms with Gasteiger partial charge in [-0.2, -0.15) is 16.7 Å². The molecule has 3 rings (SSSR count). The van der Waals surface area contributed by atoms with Crippen molar-refractivity contribution in [3.8, 4) is 17.2 Å². The lowest BCUT2D eigenvalue weighted by atomic mass is 10.2. The summed E-state index contributed by atoms with van der Waals surface area (Å²) in [5.74, 6) is 3.99. The van der Waals surface area contributed by atoms with Gasteiger partial charge in [-0.25, -0.2) is 0 Å². The van der Waals surface area contributed by atoms with Crippen LogP contribution in [0.3, 0.4) is 0 Å². The fourth-order valence-corrected chi connectivity index (χ4v) is 3.52. The molecule has 0 radical (unpaired) electrons. The zero-order valence-electron chi connectivity index (χ0n) is 12.1. The number of nitrogen functional groups attached to an aromatic ring is 1. The average molecular weight is 306 g/mol. The number of ether oxygens (including phenoxy) is 1. The molecule has 0 bridgehead atoms. The number of nitrogens with zero attached hydrogens (tertiary/aromatic N) is 3. The van der Waals surface area contributed by atoms with Gasteiger partial charge in [0.1, 0.15) is 5.75 Å². The van der Waals surface area contributed by atoms with Crippen LogP contribution in [0.4, 0.5) is 5.69 Å². The summed E-state index contributed by atoms with van der Waals surface area (Å²) in [5.41, 5.74) is 7.27. The molecule has 1 fully saturated rings. The number of hydrogen-bond acceptors (Lipinski definition) is 7. The number of anilines is 1. The summed E-state index contributed by atoms with van der Waals surface area (Å²) in [6, 6.07) is 5.66. The molecule has 6 nitrogen and oxygen atoms in total. The van der Waals surface area contributed by atoms with Gasteiger partial charge in [-0.3, -0.25) is 4.90 Å². The molecule has 2 heterocycles. The topological polar surface area (TPSA) is 77.4 Å². The molecular weight excluding hydrogens is 288 g/mol. The minimum atomic E-state index is 0.205. The predicted molar refractivity (Wildman–Crippen MR) is 83.4 cm³/mol. The van der Waals surface area contributed by atoms with Crippen molar-refractivity contribution < 1.29 is 9.26 Å². The van der Waals surface area contributed by atoms with E-state index in [1.165, 1.54) is 0 Å². The Morgan fingerprint density at radius 1 is 1.48 bits per heavy atom. The van der Waals surface area contributed by atoms with Crippen LogP contribution in [-0.2, 0) is 0 Å². The molecule has 0 saturated carbocycles. The monoisotopic (exact) mass is 306 g/mol. The number of nitrogens with two attached hydrogens (primary N) is 1. The van der Waals surface area contributed by atoms with Crippen LogP contribution < -0.4 is 10.5 Å². The summed E-state index contributed by atoms with van der Waals surface area (Å²) >= 11 is 1.91. The molecule has 1 aromatic heterocycles. The highest BCUT2D eigenvalue weighted by molar-refractivity contribution is 7.99. The van der Waals surface area contributed by atoms with Crippen LogP contribution in [0.25, 0.3) is 11.5 Å². The molecule has 0 amide bonds. The van der Waals surface area contributed by atoms with Crippen molar-refractivity contribution in [1.82, 2.24) is 15.0 Å². The number of aromatic nitrogens is 2.